The first-order chi connectivity index (χ1) is 26.6. The van der Waals surface area contributed by atoms with Gasteiger partial charge in [0.1, 0.15) is 18.5 Å². The quantitative estimate of drug-likeness (QED) is 0.0981. The van der Waals surface area contributed by atoms with Crippen molar-refractivity contribution in [3.05, 3.63) is 35.9 Å². The van der Waals surface area contributed by atoms with Gasteiger partial charge in [0.25, 0.3) is 5.67 Å². The summed E-state index contributed by atoms with van der Waals surface area (Å²) in [5.74, 6) is -2.25. The molecule has 15 heteroatoms. The molecular weight excluding hydrogens is 743 g/mol. The largest absolute Gasteiger partial charge is 0.455 e. The van der Waals surface area contributed by atoms with Crippen LogP contribution >= 0.6 is 0 Å². The van der Waals surface area contributed by atoms with Crippen molar-refractivity contribution in [3.8, 4) is 11.8 Å². The molecule has 14 nitrogen and oxygen atoms in total. The van der Waals surface area contributed by atoms with Crippen LogP contribution in [0.1, 0.15) is 91.9 Å². The molecular formula is C42H57FN2O12. The van der Waals surface area contributed by atoms with Crippen molar-refractivity contribution < 1.29 is 61.6 Å². The second kappa shape index (κ2) is 18.1. The number of amides is 1. The van der Waals surface area contributed by atoms with Crippen molar-refractivity contribution in [1.29, 1.82) is 0 Å². The van der Waals surface area contributed by atoms with E-state index in [0.29, 0.717) is 12.0 Å². The Labute approximate surface area is 334 Å². The third kappa shape index (κ3) is 9.91. The highest BCUT2D eigenvalue weighted by Gasteiger charge is 2.59. The lowest BCUT2D eigenvalue weighted by Crippen LogP contribution is -2.62. The number of carbonyl (C=O) groups excluding carboxylic acids is 6. The first kappa shape index (κ1) is 45.5. The summed E-state index contributed by atoms with van der Waals surface area (Å²) in [5.41, 5.74) is -6.23. The van der Waals surface area contributed by atoms with Crippen LogP contribution < -0.4 is 5.32 Å². The highest BCUT2D eigenvalue weighted by Crippen LogP contribution is 2.41. The molecule has 314 valence electrons. The second-order valence-electron chi connectivity index (χ2n) is 16.3. The van der Waals surface area contributed by atoms with Crippen LogP contribution in [0.25, 0.3) is 0 Å². The Balaban J connectivity index is 1.88. The summed E-state index contributed by atoms with van der Waals surface area (Å²) in [6, 6.07) is 6.94. The van der Waals surface area contributed by atoms with Crippen LogP contribution in [0.15, 0.2) is 30.3 Å². The Hall–Kier alpha value is -4.23. The van der Waals surface area contributed by atoms with Gasteiger partial charge in [0.2, 0.25) is 5.78 Å². The Morgan fingerprint density at radius 1 is 1.02 bits per heavy atom. The number of Topliss-reactive ketones (excluding diaryl/α,β-unsaturated/α-hetero) is 3. The van der Waals surface area contributed by atoms with E-state index in [0.717, 1.165) is 6.92 Å². The van der Waals surface area contributed by atoms with Gasteiger partial charge in [-0.3, -0.25) is 19.2 Å². The number of carbonyl (C=O) groups is 6. The SMILES string of the molecule is CCC1OC(=O)[C@@](C)(F)C(=O)[C@H](C)[C@@H](O[C@@H]2O[C@H](C)C[C@H](N(C)C)[C@H]2OC(C)=O)[C@](C)(OCC#CC(=O)c2ccccc2)C[C@@H](C)C(=O)[C@H](C)[C@H]2NC(=O)O[C@]12C. The number of rotatable bonds is 8. The first-order valence-corrected chi connectivity index (χ1v) is 19.4. The van der Waals surface area contributed by atoms with Gasteiger partial charge in [-0.15, -0.1) is 0 Å². The van der Waals surface area contributed by atoms with Gasteiger partial charge >= 0.3 is 18.0 Å². The highest BCUT2D eigenvalue weighted by molar-refractivity contribution is 6.09. The number of ketones is 3. The van der Waals surface area contributed by atoms with E-state index in [1.807, 2.05) is 4.90 Å². The molecule has 3 saturated heterocycles. The molecule has 1 aromatic rings. The number of likely N-dealkylation sites (N-methyl/N-ethyl adjacent to an activating group) is 1. The molecule has 1 N–H and O–H groups in total. The van der Waals surface area contributed by atoms with Crippen LogP contribution in [-0.2, 0) is 47.6 Å². The Kier molecular flexibility index (Phi) is 14.5. The van der Waals surface area contributed by atoms with Gasteiger partial charge in [-0.1, -0.05) is 63.9 Å². The second-order valence-corrected chi connectivity index (χ2v) is 16.3. The normalized spacial score (nSPS) is 37.8. The van der Waals surface area contributed by atoms with E-state index in [9.17, 15) is 28.8 Å². The molecule has 0 aromatic heterocycles. The maximum atomic E-state index is 16.9. The van der Waals surface area contributed by atoms with Gasteiger partial charge in [-0.2, -0.15) is 0 Å². The number of esters is 2. The van der Waals surface area contributed by atoms with E-state index in [-0.39, 0.29) is 18.6 Å². The molecule has 1 unspecified atom stereocenters. The summed E-state index contributed by atoms with van der Waals surface area (Å²) in [4.78, 5) is 82.5. The van der Waals surface area contributed by atoms with Gasteiger partial charge in [-0.25, -0.2) is 14.0 Å². The van der Waals surface area contributed by atoms with E-state index in [2.05, 4.69) is 17.2 Å². The Morgan fingerprint density at radius 3 is 2.26 bits per heavy atom. The predicted molar refractivity (Wildman–Crippen MR) is 203 cm³/mol. The smallest absolute Gasteiger partial charge is 0.408 e. The maximum Gasteiger partial charge on any atom is 0.408 e. The minimum Gasteiger partial charge on any atom is -0.455 e. The molecule has 0 spiro atoms. The average molecular weight is 801 g/mol. The maximum absolute atomic E-state index is 16.9. The molecule has 3 fully saturated rings. The van der Waals surface area contributed by atoms with Gasteiger partial charge in [-0.05, 0) is 67.0 Å². The Morgan fingerprint density at radius 2 is 1.67 bits per heavy atom. The molecule has 3 aliphatic rings. The summed E-state index contributed by atoms with van der Waals surface area (Å²) in [6.45, 7) is 12.7. The summed E-state index contributed by atoms with van der Waals surface area (Å²) >= 11 is 0. The lowest BCUT2D eigenvalue weighted by atomic mass is 9.73. The van der Waals surface area contributed by atoms with Gasteiger partial charge in [0.15, 0.2) is 23.8 Å². The molecule has 1 aromatic carbocycles. The minimum atomic E-state index is -3.27. The number of hydrogen-bond donors (Lipinski definition) is 1. The van der Waals surface area contributed by atoms with E-state index < -0.39 is 114 Å². The number of alkyl halides is 1. The number of cyclic esters (lactones) is 1. The topological polar surface area (TPSA) is 173 Å². The zero-order chi connectivity index (χ0) is 42.6. The van der Waals surface area contributed by atoms with Gasteiger partial charge < -0.3 is 38.6 Å². The third-order valence-corrected chi connectivity index (χ3v) is 11.5. The molecule has 57 heavy (non-hydrogen) atoms. The molecule has 0 saturated carbocycles. The molecule has 1 amide bonds. The van der Waals surface area contributed by atoms with Crippen LogP contribution in [0.3, 0.4) is 0 Å². The van der Waals surface area contributed by atoms with Crippen molar-refractivity contribution >= 4 is 35.4 Å². The number of alkyl carbamates (subject to hydrolysis) is 1. The summed E-state index contributed by atoms with van der Waals surface area (Å²) < 4.78 is 53.4. The number of ether oxygens (including phenoxy) is 6. The monoisotopic (exact) mass is 800 g/mol. The molecule has 3 heterocycles. The predicted octanol–water partition coefficient (Wildman–Crippen LogP) is 4.40. The highest BCUT2D eigenvalue weighted by atomic mass is 19.1. The van der Waals surface area contributed by atoms with Crippen molar-refractivity contribution in [2.45, 2.75) is 141 Å². The van der Waals surface area contributed by atoms with Crippen molar-refractivity contribution in [2.75, 3.05) is 20.7 Å². The summed E-state index contributed by atoms with van der Waals surface area (Å²) in [7, 11) is 3.60. The van der Waals surface area contributed by atoms with Crippen LogP contribution in [0.4, 0.5) is 9.18 Å². The minimum absolute atomic E-state index is 0.0528. The summed E-state index contributed by atoms with van der Waals surface area (Å²) in [5, 5.41) is 2.68. The standard InChI is InChI=1S/C42H57FN2O12/c1-12-31-42(9)34(44-39(51)57-42)25(4)32(48)23(2)22-40(7,52-20-16-19-30(47)28-17-14-13-15-18-28)36(26(5)35(49)41(8,43)38(50)55-31)56-37-33(54-27(6)46)29(45(10)11)21-24(3)53-37/h13-15,17-18,23-26,29,31,33-34,36-37H,12,20-22H2,1-11H3,(H,44,51)/t23-,24-,25+,26+,29+,31?,33-,34-,36-,37+,40-,41+,42-/m1/s1. The molecule has 4 rings (SSSR count). The number of hydrogen-bond acceptors (Lipinski definition) is 13. The fourth-order valence-corrected chi connectivity index (χ4v) is 8.41. The van der Waals surface area contributed by atoms with E-state index in [1.165, 1.54) is 20.8 Å². The number of fused-ring (bicyclic) bond motifs is 1. The molecule has 0 bridgehead atoms. The number of benzene rings is 1. The Bertz CT molecular complexity index is 1740. The fraction of sp³-hybridized carbons (Fsp3) is 0.667. The van der Waals surface area contributed by atoms with Crippen molar-refractivity contribution in [3.63, 3.8) is 0 Å². The fourth-order valence-electron chi connectivity index (χ4n) is 8.41. The van der Waals surface area contributed by atoms with E-state index in [4.69, 9.17) is 28.4 Å². The van der Waals surface area contributed by atoms with E-state index in [1.54, 1.807) is 79.0 Å². The third-order valence-electron chi connectivity index (χ3n) is 11.5. The molecule has 0 aliphatic carbocycles. The summed E-state index contributed by atoms with van der Waals surface area (Å²) in [6.07, 6.45) is -6.07. The van der Waals surface area contributed by atoms with Crippen molar-refractivity contribution in [2.24, 2.45) is 17.8 Å². The van der Waals surface area contributed by atoms with Crippen LogP contribution in [0.5, 0.6) is 0 Å². The molecule has 3 aliphatic heterocycles. The van der Waals surface area contributed by atoms with Gasteiger partial charge in [0, 0.05) is 30.2 Å². The number of nitrogens with one attached hydrogen (secondary N) is 1. The zero-order valence-corrected chi connectivity index (χ0v) is 34.7. The first-order valence-electron chi connectivity index (χ1n) is 19.4. The van der Waals surface area contributed by atoms with Crippen LogP contribution in [0.2, 0.25) is 0 Å². The molecule has 0 radical (unpaired) electrons. The van der Waals surface area contributed by atoms with Crippen LogP contribution in [0, 0.1) is 29.6 Å². The lowest BCUT2D eigenvalue weighted by Gasteiger charge is -2.48. The lowest BCUT2D eigenvalue weighted by molar-refractivity contribution is -0.299. The van der Waals surface area contributed by atoms with Gasteiger partial charge in [0.05, 0.1) is 29.9 Å². The van der Waals surface area contributed by atoms with E-state index >= 15 is 4.39 Å². The van der Waals surface area contributed by atoms with Crippen molar-refractivity contribution in [1.82, 2.24) is 10.2 Å². The number of halogens is 1. The zero-order valence-electron chi connectivity index (χ0n) is 34.7. The average Bonchev–Trinajstić information content (AvgIpc) is 3.47. The molecule has 13 atom stereocenters. The number of nitrogens with zero attached hydrogens (tertiary/aromatic N) is 1. The van der Waals surface area contributed by atoms with Crippen LogP contribution in [-0.4, -0.2) is 121 Å².